The van der Waals surface area contributed by atoms with Crippen LogP contribution in [0.1, 0.15) is 58.3 Å². The molecule has 0 aromatic rings. The van der Waals surface area contributed by atoms with Crippen LogP contribution in [-0.4, -0.2) is 11.9 Å². The zero-order valence-electron chi connectivity index (χ0n) is 10.2. The van der Waals surface area contributed by atoms with Gasteiger partial charge < -0.3 is 5.32 Å². The first-order valence-electron chi connectivity index (χ1n) is 6.38. The van der Waals surface area contributed by atoms with Crippen LogP contribution in [0.25, 0.3) is 0 Å². The molecule has 0 aromatic carbocycles. The number of rotatable bonds is 4. The second kappa shape index (κ2) is 7.27. The molecule has 1 rings (SSSR count). The molecule has 1 aliphatic rings. The van der Waals surface area contributed by atoms with Gasteiger partial charge in [-0.25, -0.2) is 0 Å². The molecule has 3 nitrogen and oxygen atoms in total. The Hall–Kier alpha value is -1.04. The summed E-state index contributed by atoms with van der Waals surface area (Å²) >= 11 is 0. The molecule has 0 aromatic heterocycles. The van der Waals surface area contributed by atoms with Gasteiger partial charge in [0.1, 0.15) is 0 Å². The van der Waals surface area contributed by atoms with Gasteiger partial charge in [0.25, 0.3) is 0 Å². The molecular formula is C13H22N2O. The van der Waals surface area contributed by atoms with E-state index in [0.717, 1.165) is 0 Å². The lowest BCUT2D eigenvalue weighted by molar-refractivity contribution is -0.122. The third-order valence-electron chi connectivity index (χ3n) is 3.25. The molecule has 1 saturated carbocycles. The number of hydrogen-bond donors (Lipinski definition) is 1. The third kappa shape index (κ3) is 5.16. The molecule has 3 heteroatoms. The van der Waals surface area contributed by atoms with Gasteiger partial charge in [-0.05, 0) is 25.7 Å². The van der Waals surface area contributed by atoms with Crippen molar-refractivity contribution in [2.24, 2.45) is 5.92 Å². The van der Waals surface area contributed by atoms with Crippen LogP contribution < -0.4 is 5.32 Å². The Kier molecular flexibility index (Phi) is 5.92. The Balaban J connectivity index is 2.24. The fraction of sp³-hybridized carbons (Fsp3) is 0.846. The van der Waals surface area contributed by atoms with Crippen molar-refractivity contribution in [2.45, 2.75) is 64.3 Å². The van der Waals surface area contributed by atoms with Crippen LogP contribution in [0.15, 0.2) is 0 Å². The van der Waals surface area contributed by atoms with Crippen LogP contribution in [0.3, 0.4) is 0 Å². The van der Waals surface area contributed by atoms with Gasteiger partial charge in [0.05, 0.1) is 12.5 Å². The Labute approximate surface area is 98.2 Å². The van der Waals surface area contributed by atoms with Crippen molar-refractivity contribution in [3.63, 3.8) is 0 Å². The molecule has 0 heterocycles. The van der Waals surface area contributed by atoms with Crippen molar-refractivity contribution < 1.29 is 4.79 Å². The highest BCUT2D eigenvalue weighted by atomic mass is 16.1. The lowest BCUT2D eigenvalue weighted by atomic mass is 9.96. The van der Waals surface area contributed by atoms with Crippen molar-refractivity contribution in [3.05, 3.63) is 0 Å². The van der Waals surface area contributed by atoms with Gasteiger partial charge in [-0.3, -0.25) is 4.79 Å². The Bertz CT molecular complexity index is 249. The molecule has 1 fully saturated rings. The second-order valence-corrected chi connectivity index (χ2v) is 4.89. The minimum atomic E-state index is -0.0109. The molecule has 1 atom stereocenters. The summed E-state index contributed by atoms with van der Waals surface area (Å²) < 4.78 is 0. The highest BCUT2D eigenvalue weighted by molar-refractivity contribution is 5.76. The van der Waals surface area contributed by atoms with E-state index in [-0.39, 0.29) is 11.9 Å². The van der Waals surface area contributed by atoms with Crippen molar-refractivity contribution >= 4 is 5.91 Å². The Morgan fingerprint density at radius 3 is 2.56 bits per heavy atom. The van der Waals surface area contributed by atoms with Gasteiger partial charge in [-0.2, -0.15) is 5.26 Å². The zero-order chi connectivity index (χ0) is 11.8. The number of carbonyl (C=O) groups is 1. The van der Waals surface area contributed by atoms with Gasteiger partial charge in [0.2, 0.25) is 5.91 Å². The molecule has 1 amide bonds. The number of nitrogens with one attached hydrogen (secondary N) is 1. The van der Waals surface area contributed by atoms with Crippen LogP contribution in [-0.2, 0) is 4.79 Å². The van der Waals surface area contributed by atoms with Crippen molar-refractivity contribution in [2.75, 3.05) is 0 Å². The number of carbonyl (C=O) groups excluding carboxylic acids is 1. The lowest BCUT2D eigenvalue weighted by Crippen LogP contribution is -2.33. The SMILES string of the molecule is CC(CC#N)NC(=O)CC1CCCCCC1. The molecule has 0 aliphatic heterocycles. The maximum Gasteiger partial charge on any atom is 0.220 e. The number of nitriles is 1. The van der Waals surface area contributed by atoms with Crippen LogP contribution in [0.5, 0.6) is 0 Å². The van der Waals surface area contributed by atoms with Gasteiger partial charge in [-0.15, -0.1) is 0 Å². The van der Waals surface area contributed by atoms with Gasteiger partial charge >= 0.3 is 0 Å². The monoisotopic (exact) mass is 222 g/mol. The molecule has 0 radical (unpaired) electrons. The predicted molar refractivity (Wildman–Crippen MR) is 63.6 cm³/mol. The van der Waals surface area contributed by atoms with E-state index in [9.17, 15) is 4.79 Å². The van der Waals surface area contributed by atoms with E-state index >= 15 is 0 Å². The smallest absolute Gasteiger partial charge is 0.220 e. The van der Waals surface area contributed by atoms with E-state index in [0.29, 0.717) is 18.8 Å². The Morgan fingerprint density at radius 1 is 1.38 bits per heavy atom. The highest BCUT2D eigenvalue weighted by Crippen LogP contribution is 2.25. The number of nitrogens with zero attached hydrogens (tertiary/aromatic N) is 1. The van der Waals surface area contributed by atoms with Crippen LogP contribution in [0, 0.1) is 17.2 Å². The predicted octanol–water partition coefficient (Wildman–Crippen LogP) is 2.77. The summed E-state index contributed by atoms with van der Waals surface area (Å²) in [5.41, 5.74) is 0. The maximum absolute atomic E-state index is 11.7. The van der Waals surface area contributed by atoms with Gasteiger partial charge in [0, 0.05) is 12.5 Å². The van der Waals surface area contributed by atoms with E-state index in [1.54, 1.807) is 0 Å². The first kappa shape index (κ1) is 13.0. The topological polar surface area (TPSA) is 52.9 Å². The van der Waals surface area contributed by atoms with E-state index < -0.39 is 0 Å². The fourth-order valence-electron chi connectivity index (χ4n) is 2.35. The lowest BCUT2D eigenvalue weighted by Gasteiger charge is -2.15. The number of hydrogen-bond acceptors (Lipinski definition) is 2. The summed E-state index contributed by atoms with van der Waals surface area (Å²) in [6.07, 6.45) is 8.62. The molecule has 0 saturated heterocycles. The quantitative estimate of drug-likeness (QED) is 0.744. The first-order valence-corrected chi connectivity index (χ1v) is 6.38. The standard InChI is InChI=1S/C13H22N2O/c1-11(8-9-14)15-13(16)10-12-6-4-2-3-5-7-12/h11-12H,2-8,10H2,1H3,(H,15,16). The van der Waals surface area contributed by atoms with Crippen LogP contribution in [0.4, 0.5) is 0 Å². The maximum atomic E-state index is 11.7. The fourth-order valence-corrected chi connectivity index (χ4v) is 2.35. The average molecular weight is 222 g/mol. The summed E-state index contributed by atoms with van der Waals surface area (Å²) in [5.74, 6) is 0.687. The van der Waals surface area contributed by atoms with Crippen LogP contribution >= 0.6 is 0 Å². The second-order valence-electron chi connectivity index (χ2n) is 4.89. The molecule has 1 N–H and O–H groups in total. The van der Waals surface area contributed by atoms with E-state index in [4.69, 9.17) is 5.26 Å². The molecule has 16 heavy (non-hydrogen) atoms. The van der Waals surface area contributed by atoms with Gasteiger partial charge in [-0.1, -0.05) is 25.7 Å². The average Bonchev–Trinajstić information content (AvgIpc) is 2.46. The van der Waals surface area contributed by atoms with Crippen LogP contribution in [0.2, 0.25) is 0 Å². The first-order chi connectivity index (χ1) is 7.72. The highest BCUT2D eigenvalue weighted by Gasteiger charge is 2.16. The number of amides is 1. The third-order valence-corrected chi connectivity index (χ3v) is 3.25. The zero-order valence-corrected chi connectivity index (χ0v) is 10.2. The molecule has 90 valence electrons. The van der Waals surface area contributed by atoms with Crippen molar-refractivity contribution in [1.82, 2.24) is 5.32 Å². The van der Waals surface area contributed by atoms with Crippen molar-refractivity contribution in [3.8, 4) is 6.07 Å². The normalized spacial score (nSPS) is 19.5. The summed E-state index contributed by atoms with van der Waals surface area (Å²) in [7, 11) is 0. The van der Waals surface area contributed by atoms with Crippen molar-refractivity contribution in [1.29, 1.82) is 5.26 Å². The van der Waals surface area contributed by atoms with E-state index in [1.807, 2.05) is 6.92 Å². The summed E-state index contributed by atoms with van der Waals surface area (Å²) in [6.45, 7) is 1.88. The molecule has 1 aliphatic carbocycles. The minimum Gasteiger partial charge on any atom is -0.353 e. The minimum absolute atomic E-state index is 0.0109. The van der Waals surface area contributed by atoms with E-state index in [1.165, 1.54) is 38.5 Å². The summed E-state index contributed by atoms with van der Waals surface area (Å²) in [5, 5.41) is 11.4. The van der Waals surface area contributed by atoms with Gasteiger partial charge in [0.15, 0.2) is 0 Å². The molecule has 0 spiro atoms. The summed E-state index contributed by atoms with van der Waals surface area (Å²) in [6, 6.07) is 2.06. The summed E-state index contributed by atoms with van der Waals surface area (Å²) in [4.78, 5) is 11.7. The Morgan fingerprint density at radius 2 is 2.00 bits per heavy atom. The molecule has 0 bridgehead atoms. The largest absolute Gasteiger partial charge is 0.353 e. The molecular weight excluding hydrogens is 200 g/mol. The molecule has 1 unspecified atom stereocenters. The van der Waals surface area contributed by atoms with E-state index in [2.05, 4.69) is 11.4 Å².